The van der Waals surface area contributed by atoms with Crippen LogP contribution in [0.5, 0.6) is 0 Å². The topological polar surface area (TPSA) is 66.8 Å². The molecule has 0 aromatic carbocycles. The van der Waals surface area contributed by atoms with E-state index >= 15 is 0 Å². The predicted octanol–water partition coefficient (Wildman–Crippen LogP) is 2.78. The van der Waals surface area contributed by atoms with Gasteiger partial charge >= 0.3 is 0 Å². The maximum atomic E-state index is 4.58. The van der Waals surface area contributed by atoms with Gasteiger partial charge in [0, 0.05) is 23.8 Å². The van der Waals surface area contributed by atoms with E-state index in [1.165, 1.54) is 6.42 Å². The van der Waals surface area contributed by atoms with Crippen LogP contribution in [0, 0.1) is 13.8 Å². The highest BCUT2D eigenvalue weighted by molar-refractivity contribution is 5.52. The number of likely N-dealkylation sites (tertiary alicyclic amines) is 1. The molecule has 0 radical (unpaired) electrons. The van der Waals surface area contributed by atoms with Gasteiger partial charge in [-0.1, -0.05) is 6.92 Å². The Balaban J connectivity index is 1.91. The standard InChI is InChI=1S/C16H22N6/c1-4-22-9-5-6-13(22)14-15(18-8-7-17-14)21-16-19-11(2)10-12(3)20-16/h7-8,10,13H,4-6,9H2,1-3H3,(H,18,19,20,21)/t13-/m1/s1. The number of nitrogens with zero attached hydrogens (tertiary/aromatic N) is 5. The van der Waals surface area contributed by atoms with Gasteiger partial charge in [0.15, 0.2) is 5.82 Å². The summed E-state index contributed by atoms with van der Waals surface area (Å²) >= 11 is 0. The van der Waals surface area contributed by atoms with Crippen molar-refractivity contribution in [1.29, 1.82) is 0 Å². The molecular formula is C16H22N6. The average molecular weight is 298 g/mol. The molecule has 3 rings (SSSR count). The lowest BCUT2D eigenvalue weighted by Gasteiger charge is -2.23. The van der Waals surface area contributed by atoms with Gasteiger partial charge in [0.25, 0.3) is 0 Å². The molecule has 22 heavy (non-hydrogen) atoms. The number of rotatable bonds is 4. The molecule has 3 heterocycles. The third kappa shape index (κ3) is 3.06. The third-order valence-electron chi connectivity index (χ3n) is 4.02. The summed E-state index contributed by atoms with van der Waals surface area (Å²) in [6.07, 6.45) is 5.79. The molecular weight excluding hydrogens is 276 g/mol. The molecule has 116 valence electrons. The summed E-state index contributed by atoms with van der Waals surface area (Å²) in [6.45, 7) is 8.27. The van der Waals surface area contributed by atoms with Gasteiger partial charge in [0.05, 0.1) is 6.04 Å². The second kappa shape index (κ2) is 6.36. The SMILES string of the molecule is CCN1CCC[C@@H]1c1nccnc1Nc1nc(C)cc(C)n1. The molecule has 2 aromatic rings. The fraction of sp³-hybridized carbons (Fsp3) is 0.500. The van der Waals surface area contributed by atoms with Gasteiger partial charge < -0.3 is 5.32 Å². The highest BCUT2D eigenvalue weighted by Crippen LogP contribution is 2.33. The van der Waals surface area contributed by atoms with Crippen molar-refractivity contribution >= 4 is 11.8 Å². The van der Waals surface area contributed by atoms with Crippen molar-refractivity contribution in [1.82, 2.24) is 24.8 Å². The Hall–Kier alpha value is -2.08. The lowest BCUT2D eigenvalue weighted by molar-refractivity contribution is 0.267. The number of hydrogen-bond donors (Lipinski definition) is 1. The van der Waals surface area contributed by atoms with Crippen LogP contribution >= 0.6 is 0 Å². The van der Waals surface area contributed by atoms with Crippen LogP contribution in [-0.2, 0) is 0 Å². The van der Waals surface area contributed by atoms with E-state index < -0.39 is 0 Å². The quantitative estimate of drug-likeness (QED) is 0.936. The van der Waals surface area contributed by atoms with Gasteiger partial charge in [-0.15, -0.1) is 0 Å². The summed E-state index contributed by atoms with van der Waals surface area (Å²) in [6, 6.07) is 2.28. The van der Waals surface area contributed by atoms with Gasteiger partial charge in [-0.25, -0.2) is 15.0 Å². The first kappa shape index (κ1) is 14.8. The molecule has 1 saturated heterocycles. The van der Waals surface area contributed by atoms with Crippen LogP contribution < -0.4 is 5.32 Å². The Kier molecular flexibility index (Phi) is 4.29. The minimum atomic E-state index is 0.326. The second-order valence-electron chi connectivity index (χ2n) is 5.68. The van der Waals surface area contributed by atoms with Crippen molar-refractivity contribution in [2.24, 2.45) is 0 Å². The average Bonchev–Trinajstić information content (AvgIpc) is 2.95. The maximum absolute atomic E-state index is 4.58. The molecule has 1 atom stereocenters. The normalized spacial score (nSPS) is 18.6. The molecule has 0 aliphatic carbocycles. The molecule has 1 aliphatic heterocycles. The lowest BCUT2D eigenvalue weighted by atomic mass is 10.1. The molecule has 1 N–H and O–H groups in total. The van der Waals surface area contributed by atoms with E-state index in [4.69, 9.17) is 0 Å². The van der Waals surface area contributed by atoms with Crippen molar-refractivity contribution in [2.75, 3.05) is 18.4 Å². The number of nitrogens with one attached hydrogen (secondary N) is 1. The number of aryl methyl sites for hydroxylation is 2. The first-order valence-electron chi connectivity index (χ1n) is 7.81. The Bertz CT molecular complexity index is 637. The summed E-state index contributed by atoms with van der Waals surface area (Å²) in [4.78, 5) is 20.4. The van der Waals surface area contributed by atoms with Crippen molar-refractivity contribution in [3.63, 3.8) is 0 Å². The molecule has 0 saturated carbocycles. The molecule has 0 bridgehead atoms. The monoisotopic (exact) mass is 298 g/mol. The summed E-state index contributed by atoms with van der Waals surface area (Å²) in [5, 5.41) is 3.25. The van der Waals surface area contributed by atoms with Crippen molar-refractivity contribution < 1.29 is 0 Å². The number of anilines is 2. The van der Waals surface area contributed by atoms with E-state index in [2.05, 4.69) is 37.1 Å². The minimum absolute atomic E-state index is 0.326. The highest BCUT2D eigenvalue weighted by Gasteiger charge is 2.28. The molecule has 1 fully saturated rings. The Labute approximate surface area is 131 Å². The Morgan fingerprint density at radius 2 is 1.91 bits per heavy atom. The molecule has 0 unspecified atom stereocenters. The predicted molar refractivity (Wildman–Crippen MR) is 86.0 cm³/mol. The van der Waals surface area contributed by atoms with E-state index in [-0.39, 0.29) is 0 Å². The zero-order valence-corrected chi connectivity index (χ0v) is 13.4. The summed E-state index contributed by atoms with van der Waals surface area (Å²) in [5.74, 6) is 1.35. The van der Waals surface area contributed by atoms with Gasteiger partial charge in [-0.3, -0.25) is 9.88 Å². The second-order valence-corrected chi connectivity index (χ2v) is 5.68. The minimum Gasteiger partial charge on any atom is -0.307 e. The van der Waals surface area contributed by atoms with Gasteiger partial charge in [-0.05, 0) is 45.8 Å². The molecule has 1 aliphatic rings. The molecule has 6 nitrogen and oxygen atoms in total. The molecule has 0 spiro atoms. The van der Waals surface area contributed by atoms with Gasteiger partial charge in [-0.2, -0.15) is 0 Å². The van der Waals surface area contributed by atoms with E-state index in [1.54, 1.807) is 12.4 Å². The summed E-state index contributed by atoms with van der Waals surface area (Å²) in [7, 11) is 0. The van der Waals surface area contributed by atoms with E-state index in [9.17, 15) is 0 Å². The zero-order valence-electron chi connectivity index (χ0n) is 13.4. The summed E-state index contributed by atoms with van der Waals surface area (Å²) in [5.41, 5.74) is 2.87. The zero-order chi connectivity index (χ0) is 15.5. The number of hydrogen-bond acceptors (Lipinski definition) is 6. The Morgan fingerprint density at radius 3 is 2.64 bits per heavy atom. The Morgan fingerprint density at radius 1 is 1.18 bits per heavy atom. The molecule has 6 heteroatoms. The van der Waals surface area contributed by atoms with Gasteiger partial charge in [0.2, 0.25) is 5.95 Å². The fourth-order valence-electron chi connectivity index (χ4n) is 3.09. The van der Waals surface area contributed by atoms with Crippen LogP contribution in [0.15, 0.2) is 18.5 Å². The van der Waals surface area contributed by atoms with E-state index in [0.717, 1.165) is 42.4 Å². The van der Waals surface area contributed by atoms with Crippen molar-refractivity contribution in [2.45, 2.75) is 39.7 Å². The van der Waals surface area contributed by atoms with Crippen LogP contribution in [0.2, 0.25) is 0 Å². The molecule has 2 aromatic heterocycles. The van der Waals surface area contributed by atoms with Crippen molar-refractivity contribution in [3.05, 3.63) is 35.5 Å². The first-order valence-corrected chi connectivity index (χ1v) is 7.81. The van der Waals surface area contributed by atoms with Crippen LogP contribution in [0.25, 0.3) is 0 Å². The smallest absolute Gasteiger partial charge is 0.228 e. The largest absolute Gasteiger partial charge is 0.307 e. The first-order chi connectivity index (χ1) is 10.7. The highest BCUT2D eigenvalue weighted by atomic mass is 15.2. The van der Waals surface area contributed by atoms with E-state index in [0.29, 0.717) is 12.0 Å². The molecule has 0 amide bonds. The van der Waals surface area contributed by atoms with Crippen LogP contribution in [0.4, 0.5) is 11.8 Å². The van der Waals surface area contributed by atoms with Crippen molar-refractivity contribution in [3.8, 4) is 0 Å². The lowest BCUT2D eigenvalue weighted by Crippen LogP contribution is -2.24. The van der Waals surface area contributed by atoms with Crippen LogP contribution in [0.3, 0.4) is 0 Å². The fourth-order valence-corrected chi connectivity index (χ4v) is 3.09. The van der Waals surface area contributed by atoms with Crippen LogP contribution in [0.1, 0.15) is 42.9 Å². The number of aromatic nitrogens is 4. The van der Waals surface area contributed by atoms with Gasteiger partial charge in [0.1, 0.15) is 5.69 Å². The third-order valence-corrected chi connectivity index (χ3v) is 4.02. The maximum Gasteiger partial charge on any atom is 0.228 e. The summed E-state index contributed by atoms with van der Waals surface area (Å²) < 4.78 is 0. The van der Waals surface area contributed by atoms with Crippen LogP contribution in [-0.4, -0.2) is 37.9 Å². The van der Waals surface area contributed by atoms with E-state index in [1.807, 2.05) is 19.9 Å².